The molecule has 4 heteroatoms. The van der Waals surface area contributed by atoms with Crippen LogP contribution in [0.2, 0.25) is 0 Å². The number of imidazole rings is 1. The van der Waals surface area contributed by atoms with E-state index in [1.807, 2.05) is 24.5 Å². The van der Waals surface area contributed by atoms with E-state index in [9.17, 15) is 0 Å². The van der Waals surface area contributed by atoms with Crippen LogP contribution in [-0.2, 0) is 5.54 Å². The monoisotopic (exact) mass is 251 g/mol. The van der Waals surface area contributed by atoms with Crippen molar-refractivity contribution in [2.24, 2.45) is 5.73 Å². The fourth-order valence-corrected chi connectivity index (χ4v) is 2.05. The zero-order valence-electron chi connectivity index (χ0n) is 7.57. The van der Waals surface area contributed by atoms with E-state index >= 15 is 0 Å². The standard InChI is InChI=1S/C10H10BrN3/c11-7-1-2-9-13-5-8(14(9)6-7)10(12)3-4-10/h1-2,5-6H,3-4,12H2. The van der Waals surface area contributed by atoms with Gasteiger partial charge in [-0.1, -0.05) is 0 Å². The van der Waals surface area contributed by atoms with Gasteiger partial charge in [-0.25, -0.2) is 4.98 Å². The lowest BCUT2D eigenvalue weighted by Gasteiger charge is -2.07. The van der Waals surface area contributed by atoms with Crippen molar-refractivity contribution in [3.63, 3.8) is 0 Å². The lowest BCUT2D eigenvalue weighted by Crippen LogP contribution is -2.20. The Morgan fingerprint density at radius 3 is 2.93 bits per heavy atom. The Labute approximate surface area is 90.1 Å². The highest BCUT2D eigenvalue weighted by atomic mass is 79.9. The van der Waals surface area contributed by atoms with Gasteiger partial charge >= 0.3 is 0 Å². The molecule has 72 valence electrons. The highest BCUT2D eigenvalue weighted by Crippen LogP contribution is 2.42. The lowest BCUT2D eigenvalue weighted by atomic mass is 10.2. The summed E-state index contributed by atoms with van der Waals surface area (Å²) in [5.74, 6) is 0. The quantitative estimate of drug-likeness (QED) is 0.844. The Morgan fingerprint density at radius 1 is 1.43 bits per heavy atom. The molecule has 0 aliphatic heterocycles. The summed E-state index contributed by atoms with van der Waals surface area (Å²) in [6.45, 7) is 0. The minimum atomic E-state index is -0.125. The first-order chi connectivity index (χ1) is 6.69. The molecule has 0 amide bonds. The van der Waals surface area contributed by atoms with Crippen LogP contribution in [0.1, 0.15) is 18.5 Å². The first kappa shape index (κ1) is 8.44. The van der Waals surface area contributed by atoms with Crippen molar-refractivity contribution in [1.82, 2.24) is 9.38 Å². The van der Waals surface area contributed by atoms with Crippen molar-refractivity contribution in [2.45, 2.75) is 18.4 Å². The SMILES string of the molecule is NC1(c2cnc3ccc(Br)cn23)CC1. The molecule has 3 rings (SSSR count). The van der Waals surface area contributed by atoms with Gasteiger partial charge in [-0.15, -0.1) is 0 Å². The zero-order chi connectivity index (χ0) is 9.76. The van der Waals surface area contributed by atoms with Crippen molar-refractivity contribution < 1.29 is 0 Å². The Hall–Kier alpha value is -0.870. The number of aromatic nitrogens is 2. The first-order valence-electron chi connectivity index (χ1n) is 4.61. The van der Waals surface area contributed by atoms with Gasteiger partial charge in [0.05, 0.1) is 17.4 Å². The average Bonchev–Trinajstić information content (AvgIpc) is 2.77. The third-order valence-corrected chi connectivity index (χ3v) is 3.24. The summed E-state index contributed by atoms with van der Waals surface area (Å²) in [4.78, 5) is 4.33. The number of nitrogens with zero attached hydrogens (tertiary/aromatic N) is 2. The third kappa shape index (κ3) is 1.11. The second-order valence-electron chi connectivity index (χ2n) is 3.88. The highest BCUT2D eigenvalue weighted by Gasteiger charge is 2.42. The minimum absolute atomic E-state index is 0.125. The second kappa shape index (κ2) is 2.58. The van der Waals surface area contributed by atoms with Crippen molar-refractivity contribution >= 4 is 21.6 Å². The number of rotatable bonds is 1. The van der Waals surface area contributed by atoms with Gasteiger partial charge in [-0.3, -0.25) is 0 Å². The van der Waals surface area contributed by atoms with Gasteiger partial charge in [0.15, 0.2) is 0 Å². The van der Waals surface area contributed by atoms with Gasteiger partial charge in [0.25, 0.3) is 0 Å². The summed E-state index contributed by atoms with van der Waals surface area (Å²) in [5, 5.41) is 0. The van der Waals surface area contributed by atoms with Crippen LogP contribution in [0.5, 0.6) is 0 Å². The van der Waals surface area contributed by atoms with Gasteiger partial charge in [0, 0.05) is 10.7 Å². The van der Waals surface area contributed by atoms with Crippen molar-refractivity contribution in [3.05, 3.63) is 34.7 Å². The van der Waals surface area contributed by atoms with E-state index in [4.69, 9.17) is 5.73 Å². The molecule has 1 fully saturated rings. The Balaban J connectivity index is 2.29. The molecule has 0 bridgehead atoms. The maximum absolute atomic E-state index is 6.15. The molecular weight excluding hydrogens is 242 g/mol. The maximum atomic E-state index is 6.15. The number of nitrogens with two attached hydrogens (primary N) is 1. The van der Waals surface area contributed by atoms with Crippen LogP contribution in [0.15, 0.2) is 29.0 Å². The first-order valence-corrected chi connectivity index (χ1v) is 5.40. The normalized spacial score (nSPS) is 18.7. The molecule has 0 radical (unpaired) electrons. The number of halogens is 1. The maximum Gasteiger partial charge on any atom is 0.137 e. The fraction of sp³-hybridized carbons (Fsp3) is 0.300. The van der Waals surface area contributed by atoms with Crippen LogP contribution in [0.4, 0.5) is 0 Å². The van der Waals surface area contributed by atoms with Crippen LogP contribution in [0.3, 0.4) is 0 Å². The summed E-state index contributed by atoms with van der Waals surface area (Å²) in [6, 6.07) is 3.97. The molecule has 2 N–H and O–H groups in total. The minimum Gasteiger partial charge on any atom is -0.320 e. The molecule has 14 heavy (non-hydrogen) atoms. The number of fused-ring (bicyclic) bond motifs is 1. The van der Waals surface area contributed by atoms with E-state index in [2.05, 4.69) is 25.3 Å². The lowest BCUT2D eigenvalue weighted by molar-refractivity contribution is 0.698. The molecule has 1 saturated carbocycles. The van der Waals surface area contributed by atoms with E-state index in [0.29, 0.717) is 0 Å². The van der Waals surface area contributed by atoms with E-state index in [1.165, 1.54) is 0 Å². The van der Waals surface area contributed by atoms with Gasteiger partial charge in [0.2, 0.25) is 0 Å². The Kier molecular flexibility index (Phi) is 1.56. The second-order valence-corrected chi connectivity index (χ2v) is 4.79. The van der Waals surface area contributed by atoms with Gasteiger partial charge in [-0.2, -0.15) is 0 Å². The molecule has 2 aromatic rings. The van der Waals surface area contributed by atoms with E-state index in [-0.39, 0.29) is 5.54 Å². The molecule has 1 aliphatic rings. The summed E-state index contributed by atoms with van der Waals surface area (Å²) < 4.78 is 3.12. The average molecular weight is 252 g/mol. The Bertz CT molecular complexity index is 499. The summed E-state index contributed by atoms with van der Waals surface area (Å²) in [7, 11) is 0. The van der Waals surface area contributed by atoms with Crippen LogP contribution >= 0.6 is 15.9 Å². The number of hydrogen-bond donors (Lipinski definition) is 1. The van der Waals surface area contributed by atoms with E-state index in [1.54, 1.807) is 0 Å². The van der Waals surface area contributed by atoms with Crippen molar-refractivity contribution in [3.8, 4) is 0 Å². The van der Waals surface area contributed by atoms with E-state index < -0.39 is 0 Å². The number of hydrogen-bond acceptors (Lipinski definition) is 2. The van der Waals surface area contributed by atoms with Crippen LogP contribution in [-0.4, -0.2) is 9.38 Å². The molecule has 3 nitrogen and oxygen atoms in total. The molecule has 1 aliphatic carbocycles. The molecule has 0 aromatic carbocycles. The highest BCUT2D eigenvalue weighted by molar-refractivity contribution is 9.10. The van der Waals surface area contributed by atoms with Crippen LogP contribution in [0.25, 0.3) is 5.65 Å². The van der Waals surface area contributed by atoms with Gasteiger partial charge in [-0.05, 0) is 40.9 Å². The van der Waals surface area contributed by atoms with Crippen molar-refractivity contribution in [2.75, 3.05) is 0 Å². The topological polar surface area (TPSA) is 43.3 Å². The molecule has 0 atom stereocenters. The molecular formula is C10H10BrN3. The molecule has 2 aromatic heterocycles. The fourth-order valence-electron chi connectivity index (χ4n) is 1.71. The summed E-state index contributed by atoms with van der Waals surface area (Å²) in [5.41, 5.74) is 8.11. The molecule has 0 spiro atoms. The Morgan fingerprint density at radius 2 is 2.21 bits per heavy atom. The van der Waals surface area contributed by atoms with E-state index in [0.717, 1.165) is 28.7 Å². The molecule has 0 saturated heterocycles. The predicted octanol–water partition coefficient (Wildman–Crippen LogP) is 2.04. The zero-order valence-corrected chi connectivity index (χ0v) is 9.16. The molecule has 0 unspecified atom stereocenters. The van der Waals surface area contributed by atoms with Crippen molar-refractivity contribution in [1.29, 1.82) is 0 Å². The van der Waals surface area contributed by atoms with Gasteiger partial charge in [0.1, 0.15) is 5.65 Å². The largest absolute Gasteiger partial charge is 0.320 e. The smallest absolute Gasteiger partial charge is 0.137 e. The predicted molar refractivity (Wildman–Crippen MR) is 58.0 cm³/mol. The van der Waals surface area contributed by atoms with Gasteiger partial charge < -0.3 is 10.1 Å². The van der Waals surface area contributed by atoms with Crippen LogP contribution < -0.4 is 5.73 Å². The summed E-state index contributed by atoms with van der Waals surface area (Å²) >= 11 is 3.45. The van der Waals surface area contributed by atoms with Crippen LogP contribution in [0, 0.1) is 0 Å². The summed E-state index contributed by atoms with van der Waals surface area (Å²) in [6.07, 6.45) is 6.03. The third-order valence-electron chi connectivity index (χ3n) is 2.77. The number of pyridine rings is 1. The molecule has 2 heterocycles.